The lowest BCUT2D eigenvalue weighted by Crippen LogP contribution is -2.35. The van der Waals surface area contributed by atoms with E-state index in [9.17, 15) is 5.11 Å². The molecule has 0 aliphatic carbocycles. The Kier molecular flexibility index (Phi) is 4.66. The first-order valence-electron chi connectivity index (χ1n) is 6.03. The third kappa shape index (κ3) is 3.60. The first kappa shape index (κ1) is 12.7. The van der Waals surface area contributed by atoms with Crippen molar-refractivity contribution in [1.29, 1.82) is 0 Å². The van der Waals surface area contributed by atoms with Gasteiger partial charge in [-0.05, 0) is 37.6 Å². The van der Waals surface area contributed by atoms with E-state index in [1.54, 1.807) is 0 Å². The summed E-state index contributed by atoms with van der Waals surface area (Å²) >= 11 is 5.87. The molecule has 3 nitrogen and oxygen atoms in total. The van der Waals surface area contributed by atoms with Gasteiger partial charge in [0.2, 0.25) is 0 Å². The maximum Gasteiger partial charge on any atom is 0.120 e. The molecule has 1 atom stereocenters. The van der Waals surface area contributed by atoms with E-state index in [1.165, 1.54) is 6.42 Å². The molecular weight excluding hydrogens is 238 g/mol. The molecule has 1 aromatic carbocycles. The summed E-state index contributed by atoms with van der Waals surface area (Å²) in [7, 11) is 0. The van der Waals surface area contributed by atoms with E-state index in [-0.39, 0.29) is 6.61 Å². The molecule has 0 aromatic heterocycles. The number of nitrogens with zero attached hydrogens (tertiary/aromatic N) is 1. The molecule has 1 fully saturated rings. The molecule has 17 heavy (non-hydrogen) atoms. The fourth-order valence-electron chi connectivity index (χ4n) is 2.23. The van der Waals surface area contributed by atoms with Crippen molar-refractivity contribution in [3.8, 4) is 5.75 Å². The van der Waals surface area contributed by atoms with Crippen LogP contribution < -0.4 is 4.74 Å². The van der Waals surface area contributed by atoms with Crippen molar-refractivity contribution in [2.24, 2.45) is 0 Å². The molecule has 1 N–H and O–H groups in total. The van der Waals surface area contributed by atoms with E-state index in [2.05, 4.69) is 4.90 Å². The highest BCUT2D eigenvalue weighted by atomic mass is 35.5. The zero-order valence-electron chi connectivity index (χ0n) is 9.81. The van der Waals surface area contributed by atoms with Crippen molar-refractivity contribution in [1.82, 2.24) is 4.90 Å². The highest BCUT2D eigenvalue weighted by Gasteiger charge is 2.22. The second-order valence-electron chi connectivity index (χ2n) is 4.32. The highest BCUT2D eigenvalue weighted by Crippen LogP contribution is 2.18. The van der Waals surface area contributed by atoms with E-state index in [4.69, 9.17) is 16.3 Å². The van der Waals surface area contributed by atoms with Crippen LogP contribution in [0.3, 0.4) is 0 Å². The minimum atomic E-state index is 0.247. The molecule has 1 saturated heterocycles. The Balaban J connectivity index is 1.76. The molecule has 2 rings (SSSR count). The number of ether oxygens (including phenoxy) is 1. The molecule has 0 unspecified atom stereocenters. The van der Waals surface area contributed by atoms with E-state index in [1.807, 2.05) is 24.3 Å². The van der Waals surface area contributed by atoms with Crippen molar-refractivity contribution in [3.05, 3.63) is 29.3 Å². The molecule has 1 aliphatic rings. The van der Waals surface area contributed by atoms with Gasteiger partial charge in [0.15, 0.2) is 0 Å². The lowest BCUT2D eigenvalue weighted by molar-refractivity contribution is 0.139. The van der Waals surface area contributed by atoms with Crippen LogP contribution in [0.15, 0.2) is 24.3 Å². The fraction of sp³-hybridized carbons (Fsp3) is 0.538. The highest BCUT2D eigenvalue weighted by molar-refractivity contribution is 6.30. The second-order valence-corrected chi connectivity index (χ2v) is 4.76. The summed E-state index contributed by atoms with van der Waals surface area (Å²) in [4.78, 5) is 2.28. The molecule has 0 radical (unpaired) electrons. The van der Waals surface area contributed by atoms with Crippen LogP contribution in [0.25, 0.3) is 0 Å². The summed E-state index contributed by atoms with van der Waals surface area (Å²) in [6.07, 6.45) is 2.26. The van der Waals surface area contributed by atoms with Gasteiger partial charge in [0.25, 0.3) is 0 Å². The Hall–Kier alpha value is -0.770. The molecular formula is C13H18ClNO2. The summed E-state index contributed by atoms with van der Waals surface area (Å²) in [5, 5.41) is 9.88. The van der Waals surface area contributed by atoms with Crippen LogP contribution in [0, 0.1) is 0 Å². The van der Waals surface area contributed by atoms with Crippen LogP contribution in [0.2, 0.25) is 5.02 Å². The standard InChI is InChI=1S/C13H18ClNO2/c14-11-3-1-5-13(9-11)17-8-7-15-6-2-4-12(15)10-16/h1,3,5,9,12,16H,2,4,6-8,10H2/t12-/m0/s1. The normalized spacial score (nSPS) is 20.7. The van der Waals surface area contributed by atoms with Crippen molar-refractivity contribution in [2.75, 3.05) is 26.3 Å². The smallest absolute Gasteiger partial charge is 0.120 e. The topological polar surface area (TPSA) is 32.7 Å². The largest absolute Gasteiger partial charge is 0.492 e. The van der Waals surface area contributed by atoms with Crippen molar-refractivity contribution < 1.29 is 9.84 Å². The summed E-state index contributed by atoms with van der Waals surface area (Å²) < 4.78 is 5.63. The van der Waals surface area contributed by atoms with E-state index < -0.39 is 0 Å². The fourth-order valence-corrected chi connectivity index (χ4v) is 2.41. The van der Waals surface area contributed by atoms with Gasteiger partial charge in [0, 0.05) is 17.6 Å². The number of aliphatic hydroxyl groups is 1. The van der Waals surface area contributed by atoms with Gasteiger partial charge in [-0.2, -0.15) is 0 Å². The Morgan fingerprint density at radius 3 is 3.12 bits per heavy atom. The molecule has 0 amide bonds. The summed E-state index contributed by atoms with van der Waals surface area (Å²) in [6.45, 7) is 2.80. The molecule has 94 valence electrons. The molecule has 0 spiro atoms. The Morgan fingerprint density at radius 1 is 1.47 bits per heavy atom. The first-order chi connectivity index (χ1) is 8.29. The number of rotatable bonds is 5. The molecule has 1 aliphatic heterocycles. The lowest BCUT2D eigenvalue weighted by Gasteiger charge is -2.22. The summed E-state index contributed by atoms with van der Waals surface area (Å²) in [5.41, 5.74) is 0. The van der Waals surface area contributed by atoms with Crippen LogP contribution in [0.5, 0.6) is 5.75 Å². The summed E-state index contributed by atoms with van der Waals surface area (Å²) in [6, 6.07) is 7.74. The minimum absolute atomic E-state index is 0.247. The van der Waals surface area contributed by atoms with Crippen molar-refractivity contribution >= 4 is 11.6 Å². The third-order valence-corrected chi connectivity index (χ3v) is 3.39. The number of benzene rings is 1. The zero-order chi connectivity index (χ0) is 12.1. The predicted molar refractivity (Wildman–Crippen MR) is 68.6 cm³/mol. The van der Waals surface area contributed by atoms with Crippen LogP contribution in [0.4, 0.5) is 0 Å². The molecule has 0 saturated carbocycles. The monoisotopic (exact) mass is 255 g/mol. The number of halogens is 1. The first-order valence-corrected chi connectivity index (χ1v) is 6.40. The average Bonchev–Trinajstić information content (AvgIpc) is 2.77. The third-order valence-electron chi connectivity index (χ3n) is 3.15. The van der Waals surface area contributed by atoms with Gasteiger partial charge >= 0.3 is 0 Å². The quantitative estimate of drug-likeness (QED) is 0.875. The zero-order valence-corrected chi connectivity index (χ0v) is 10.6. The molecule has 1 heterocycles. The van der Waals surface area contributed by atoms with E-state index in [0.29, 0.717) is 17.7 Å². The number of hydrogen-bond acceptors (Lipinski definition) is 3. The number of aliphatic hydroxyl groups excluding tert-OH is 1. The minimum Gasteiger partial charge on any atom is -0.492 e. The van der Waals surface area contributed by atoms with Gasteiger partial charge in [0.1, 0.15) is 12.4 Å². The van der Waals surface area contributed by atoms with Crippen molar-refractivity contribution in [3.63, 3.8) is 0 Å². The molecule has 1 aromatic rings. The van der Waals surface area contributed by atoms with Gasteiger partial charge in [-0.1, -0.05) is 17.7 Å². The maximum atomic E-state index is 9.19. The van der Waals surface area contributed by atoms with Crippen LogP contribution in [-0.2, 0) is 0 Å². The van der Waals surface area contributed by atoms with Gasteiger partial charge in [-0.25, -0.2) is 0 Å². The molecule has 4 heteroatoms. The summed E-state index contributed by atoms with van der Waals surface area (Å²) in [5.74, 6) is 0.803. The van der Waals surface area contributed by atoms with Gasteiger partial charge in [-0.3, -0.25) is 4.90 Å². The SMILES string of the molecule is OC[C@@H]1CCCN1CCOc1cccc(Cl)c1. The van der Waals surface area contributed by atoms with Crippen LogP contribution >= 0.6 is 11.6 Å². The van der Waals surface area contributed by atoms with Gasteiger partial charge in [0.05, 0.1) is 6.61 Å². The van der Waals surface area contributed by atoms with E-state index >= 15 is 0 Å². The Bertz CT molecular complexity index is 359. The van der Waals surface area contributed by atoms with Gasteiger partial charge in [-0.15, -0.1) is 0 Å². The molecule has 0 bridgehead atoms. The van der Waals surface area contributed by atoms with E-state index in [0.717, 1.165) is 25.3 Å². The lowest BCUT2D eigenvalue weighted by atomic mass is 10.2. The van der Waals surface area contributed by atoms with Crippen LogP contribution in [0.1, 0.15) is 12.8 Å². The Labute approximate surface area is 107 Å². The average molecular weight is 256 g/mol. The van der Waals surface area contributed by atoms with Gasteiger partial charge < -0.3 is 9.84 Å². The number of hydrogen-bond donors (Lipinski definition) is 1. The van der Waals surface area contributed by atoms with Crippen molar-refractivity contribution in [2.45, 2.75) is 18.9 Å². The second kappa shape index (κ2) is 6.24. The predicted octanol–water partition coefficient (Wildman–Crippen LogP) is 2.18. The maximum absolute atomic E-state index is 9.19. The Morgan fingerprint density at radius 2 is 2.35 bits per heavy atom. The number of likely N-dealkylation sites (tertiary alicyclic amines) is 1. The van der Waals surface area contributed by atoms with Crippen LogP contribution in [-0.4, -0.2) is 42.4 Å².